The predicted molar refractivity (Wildman–Crippen MR) is 62.4 cm³/mol. The van der Waals surface area contributed by atoms with Crippen LogP contribution >= 0.6 is 0 Å². The van der Waals surface area contributed by atoms with E-state index in [0.29, 0.717) is 12.0 Å². The van der Waals surface area contributed by atoms with Crippen LogP contribution < -0.4 is 0 Å². The zero-order chi connectivity index (χ0) is 12.8. The summed E-state index contributed by atoms with van der Waals surface area (Å²) in [7, 11) is 0. The molecular weight excluding hydrogens is 218 g/mol. The average molecular weight is 233 g/mol. The predicted octanol–water partition coefficient (Wildman–Crippen LogP) is 1.79. The summed E-state index contributed by atoms with van der Waals surface area (Å²) in [6, 6.07) is 5.38. The zero-order valence-electron chi connectivity index (χ0n) is 9.99. The topological polar surface area (TPSA) is 70.3 Å². The number of hydrogen-bond donors (Lipinski definition) is 1. The number of nitrogens with zero attached hydrogens (tertiary/aromatic N) is 1. The maximum atomic E-state index is 11.8. The lowest BCUT2D eigenvalue weighted by Crippen LogP contribution is -2.12. The van der Waals surface area contributed by atoms with E-state index in [1.54, 1.807) is 19.1 Å². The molecule has 0 aliphatic carbocycles. The Morgan fingerprint density at radius 1 is 1.41 bits per heavy atom. The monoisotopic (exact) mass is 233 g/mol. The molecule has 0 fully saturated rings. The minimum atomic E-state index is -0.504. The molecule has 0 radical (unpaired) electrons. The van der Waals surface area contributed by atoms with Gasteiger partial charge in [-0.25, -0.2) is 4.79 Å². The molecule has 0 aromatic heterocycles. The molecule has 0 aliphatic rings. The molecule has 0 heterocycles. The molecular formula is C13H15NO3. The van der Waals surface area contributed by atoms with Crippen molar-refractivity contribution in [1.82, 2.24) is 0 Å². The third-order valence-electron chi connectivity index (χ3n) is 2.52. The van der Waals surface area contributed by atoms with Crippen molar-refractivity contribution < 1.29 is 14.6 Å². The molecule has 0 aliphatic heterocycles. The maximum Gasteiger partial charge on any atom is 0.339 e. The van der Waals surface area contributed by atoms with E-state index in [1.165, 1.54) is 0 Å². The smallest absolute Gasteiger partial charge is 0.339 e. The Balaban J connectivity index is 3.41. The lowest BCUT2D eigenvalue weighted by atomic mass is 9.95. The van der Waals surface area contributed by atoms with Crippen molar-refractivity contribution in [3.05, 3.63) is 34.4 Å². The summed E-state index contributed by atoms with van der Waals surface area (Å²) in [5, 5.41) is 18.2. The quantitative estimate of drug-likeness (QED) is 0.805. The third kappa shape index (κ3) is 2.63. The average Bonchev–Trinajstić information content (AvgIpc) is 2.36. The number of aryl methyl sites for hydroxylation is 1. The van der Waals surface area contributed by atoms with Gasteiger partial charge in [-0.05, 0) is 24.5 Å². The van der Waals surface area contributed by atoms with Crippen LogP contribution in [0.2, 0.25) is 0 Å². The molecule has 0 spiro atoms. The van der Waals surface area contributed by atoms with Gasteiger partial charge in [0, 0.05) is 0 Å². The number of benzene rings is 1. The number of esters is 1. The van der Waals surface area contributed by atoms with Gasteiger partial charge in [0.1, 0.15) is 6.07 Å². The van der Waals surface area contributed by atoms with Crippen LogP contribution in [0.15, 0.2) is 12.1 Å². The molecule has 0 saturated carbocycles. The van der Waals surface area contributed by atoms with Crippen molar-refractivity contribution in [2.75, 3.05) is 6.61 Å². The number of aliphatic hydroxyl groups is 1. The van der Waals surface area contributed by atoms with Crippen LogP contribution in [-0.4, -0.2) is 17.7 Å². The van der Waals surface area contributed by atoms with Gasteiger partial charge >= 0.3 is 5.97 Å². The highest BCUT2D eigenvalue weighted by molar-refractivity contribution is 5.94. The van der Waals surface area contributed by atoms with E-state index < -0.39 is 5.97 Å². The van der Waals surface area contributed by atoms with Crippen LogP contribution in [0, 0.1) is 11.3 Å². The lowest BCUT2D eigenvalue weighted by molar-refractivity contribution is 0.0524. The van der Waals surface area contributed by atoms with Crippen LogP contribution in [0.25, 0.3) is 0 Å². The summed E-state index contributed by atoms with van der Waals surface area (Å²) in [5.41, 5.74) is 1.71. The molecule has 0 bridgehead atoms. The number of nitriles is 1. The number of ether oxygens (including phenoxy) is 1. The number of aliphatic hydroxyl groups excluding tert-OH is 1. The summed E-state index contributed by atoms with van der Waals surface area (Å²) in [4.78, 5) is 11.8. The van der Waals surface area contributed by atoms with Gasteiger partial charge in [-0.15, -0.1) is 0 Å². The Morgan fingerprint density at radius 3 is 2.53 bits per heavy atom. The van der Waals surface area contributed by atoms with E-state index in [4.69, 9.17) is 15.1 Å². The number of carbonyl (C=O) groups is 1. The minimum Gasteiger partial charge on any atom is -0.462 e. The first kappa shape index (κ1) is 13.2. The third-order valence-corrected chi connectivity index (χ3v) is 2.52. The molecule has 1 aromatic rings. The van der Waals surface area contributed by atoms with Gasteiger partial charge in [0.25, 0.3) is 0 Å². The Labute approximate surface area is 100 Å². The number of rotatable bonds is 4. The maximum absolute atomic E-state index is 11.8. The molecule has 0 amide bonds. The van der Waals surface area contributed by atoms with Crippen molar-refractivity contribution in [2.24, 2.45) is 0 Å². The van der Waals surface area contributed by atoms with Crippen LogP contribution in [0.1, 0.15) is 40.9 Å². The van der Waals surface area contributed by atoms with E-state index in [9.17, 15) is 4.79 Å². The van der Waals surface area contributed by atoms with Gasteiger partial charge in [-0.1, -0.05) is 19.1 Å². The second kappa shape index (κ2) is 6.02. The van der Waals surface area contributed by atoms with Crippen LogP contribution in [-0.2, 0) is 17.8 Å². The highest BCUT2D eigenvalue weighted by Crippen LogP contribution is 2.21. The van der Waals surface area contributed by atoms with E-state index in [-0.39, 0.29) is 24.3 Å². The number of hydrogen-bond acceptors (Lipinski definition) is 4. The van der Waals surface area contributed by atoms with Crippen LogP contribution in [0.5, 0.6) is 0 Å². The van der Waals surface area contributed by atoms with Crippen molar-refractivity contribution in [2.45, 2.75) is 26.9 Å². The first-order valence-electron chi connectivity index (χ1n) is 5.52. The van der Waals surface area contributed by atoms with E-state index in [2.05, 4.69) is 0 Å². The van der Waals surface area contributed by atoms with Crippen LogP contribution in [0.4, 0.5) is 0 Å². The summed E-state index contributed by atoms with van der Waals surface area (Å²) in [5.74, 6) is -0.504. The highest BCUT2D eigenvalue weighted by Gasteiger charge is 2.19. The highest BCUT2D eigenvalue weighted by atomic mass is 16.5. The molecule has 4 nitrogen and oxygen atoms in total. The van der Waals surface area contributed by atoms with E-state index >= 15 is 0 Å². The Hall–Kier alpha value is -1.86. The summed E-state index contributed by atoms with van der Waals surface area (Å²) in [6.07, 6.45) is 0.633. The summed E-state index contributed by atoms with van der Waals surface area (Å²) >= 11 is 0. The van der Waals surface area contributed by atoms with Crippen LogP contribution in [0.3, 0.4) is 0 Å². The molecule has 0 atom stereocenters. The second-order valence-corrected chi connectivity index (χ2v) is 3.48. The second-order valence-electron chi connectivity index (χ2n) is 3.48. The molecule has 4 heteroatoms. The standard InChI is InChI=1S/C13H15NO3/c1-3-9-5-6-10(8-15)11(7-14)12(9)13(16)17-4-2/h5-6,15H,3-4,8H2,1-2H3. The van der Waals surface area contributed by atoms with E-state index in [1.807, 2.05) is 13.0 Å². The van der Waals surface area contributed by atoms with Crippen molar-refractivity contribution >= 4 is 5.97 Å². The van der Waals surface area contributed by atoms with Gasteiger partial charge in [0.05, 0.1) is 24.3 Å². The van der Waals surface area contributed by atoms with Gasteiger partial charge in [-0.2, -0.15) is 5.26 Å². The Kier molecular flexibility index (Phi) is 4.68. The Bertz CT molecular complexity index is 460. The minimum absolute atomic E-state index is 0.213. The van der Waals surface area contributed by atoms with E-state index in [0.717, 1.165) is 5.56 Å². The van der Waals surface area contributed by atoms with Gasteiger partial charge in [0.2, 0.25) is 0 Å². The normalized spacial score (nSPS) is 9.76. The summed E-state index contributed by atoms with van der Waals surface area (Å²) in [6.45, 7) is 3.61. The fourth-order valence-corrected chi connectivity index (χ4v) is 1.68. The molecule has 1 N–H and O–H groups in total. The molecule has 17 heavy (non-hydrogen) atoms. The molecule has 0 saturated heterocycles. The molecule has 1 rings (SSSR count). The zero-order valence-corrected chi connectivity index (χ0v) is 9.99. The molecule has 90 valence electrons. The van der Waals surface area contributed by atoms with Gasteiger partial charge in [-0.3, -0.25) is 0 Å². The largest absolute Gasteiger partial charge is 0.462 e. The van der Waals surface area contributed by atoms with Crippen molar-refractivity contribution in [1.29, 1.82) is 5.26 Å². The van der Waals surface area contributed by atoms with Gasteiger partial charge in [0.15, 0.2) is 0 Å². The SMILES string of the molecule is CCOC(=O)c1c(CC)ccc(CO)c1C#N. The van der Waals surface area contributed by atoms with Gasteiger partial charge < -0.3 is 9.84 Å². The number of carbonyl (C=O) groups excluding carboxylic acids is 1. The summed E-state index contributed by atoms with van der Waals surface area (Å²) < 4.78 is 4.94. The fraction of sp³-hybridized carbons (Fsp3) is 0.385. The fourth-order valence-electron chi connectivity index (χ4n) is 1.68. The Morgan fingerprint density at radius 2 is 2.06 bits per heavy atom. The van der Waals surface area contributed by atoms with Crippen molar-refractivity contribution in [3.63, 3.8) is 0 Å². The first-order chi connectivity index (χ1) is 8.19. The lowest BCUT2D eigenvalue weighted by Gasteiger charge is -2.11. The van der Waals surface area contributed by atoms with Crippen molar-refractivity contribution in [3.8, 4) is 6.07 Å². The first-order valence-corrected chi connectivity index (χ1v) is 5.52. The molecule has 0 unspecified atom stereocenters. The molecule has 1 aromatic carbocycles.